The van der Waals surface area contributed by atoms with Crippen LogP contribution in [-0.2, 0) is 17.4 Å². The van der Waals surface area contributed by atoms with E-state index >= 15 is 0 Å². The fourth-order valence-corrected chi connectivity index (χ4v) is 1.23. The largest absolute Gasteiger partial charge is 0.505 e. The molecule has 76 valence electrons. The molecule has 0 fully saturated rings. The second kappa shape index (κ2) is 5.85. The quantitative estimate of drug-likeness (QED) is 0.776. The first kappa shape index (κ1) is 13.2. The molecule has 0 spiro atoms. The van der Waals surface area contributed by atoms with Crippen LogP contribution >= 0.6 is 0 Å². The molecule has 0 aliphatic heterocycles. The van der Waals surface area contributed by atoms with Crippen LogP contribution in [-0.4, -0.2) is 11.3 Å². The molecule has 1 aromatic rings. The molecule has 0 aliphatic rings. The Morgan fingerprint density at radius 1 is 1.36 bits per heavy atom. The molecule has 3 heteroatoms. The molecule has 0 atom stereocenters. The number of aromatic hydroxyl groups is 1. The van der Waals surface area contributed by atoms with Crippen LogP contribution in [0.15, 0.2) is 17.1 Å². The maximum Gasteiger partial charge on any atom is 0.144 e. The predicted octanol–water partition coefficient (Wildman–Crippen LogP) is 3.12. The second-order valence-corrected chi connectivity index (χ2v) is 3.17. The SMILES string of the molecule is CCC=Nc1cc(C)cc(C)c1O.[Cr]. The first-order valence-corrected chi connectivity index (χ1v) is 4.48. The van der Waals surface area contributed by atoms with Gasteiger partial charge in [0.1, 0.15) is 11.4 Å². The molecule has 14 heavy (non-hydrogen) atoms. The van der Waals surface area contributed by atoms with Gasteiger partial charge >= 0.3 is 0 Å². The third-order valence-corrected chi connectivity index (χ3v) is 1.84. The van der Waals surface area contributed by atoms with Gasteiger partial charge in [-0.2, -0.15) is 0 Å². The monoisotopic (exact) mass is 229 g/mol. The van der Waals surface area contributed by atoms with Gasteiger partial charge in [-0.1, -0.05) is 13.0 Å². The molecule has 1 aromatic carbocycles. The summed E-state index contributed by atoms with van der Waals surface area (Å²) in [5, 5.41) is 9.63. The van der Waals surface area contributed by atoms with E-state index in [1.807, 2.05) is 32.9 Å². The average Bonchev–Trinajstić information content (AvgIpc) is 2.09. The van der Waals surface area contributed by atoms with Crippen molar-refractivity contribution in [2.24, 2.45) is 4.99 Å². The predicted molar refractivity (Wildman–Crippen MR) is 56.0 cm³/mol. The van der Waals surface area contributed by atoms with Gasteiger partial charge in [-0.15, -0.1) is 0 Å². The van der Waals surface area contributed by atoms with Crippen molar-refractivity contribution < 1.29 is 22.5 Å². The summed E-state index contributed by atoms with van der Waals surface area (Å²) in [5.74, 6) is 0.287. The van der Waals surface area contributed by atoms with Gasteiger partial charge < -0.3 is 5.11 Å². The summed E-state index contributed by atoms with van der Waals surface area (Å²) in [6, 6.07) is 3.83. The van der Waals surface area contributed by atoms with E-state index < -0.39 is 0 Å². The molecule has 2 nitrogen and oxygen atoms in total. The van der Waals surface area contributed by atoms with Crippen LogP contribution in [0.2, 0.25) is 0 Å². The van der Waals surface area contributed by atoms with Gasteiger partial charge in [0.15, 0.2) is 0 Å². The molecule has 1 rings (SSSR count). The molecular formula is C11H15CrNO. The number of nitrogens with zero attached hydrogens (tertiary/aromatic N) is 1. The first-order valence-electron chi connectivity index (χ1n) is 4.48. The van der Waals surface area contributed by atoms with Gasteiger partial charge in [0.05, 0.1) is 0 Å². The number of hydrogen-bond donors (Lipinski definition) is 1. The molecule has 0 amide bonds. The zero-order chi connectivity index (χ0) is 9.84. The van der Waals surface area contributed by atoms with Gasteiger partial charge in [-0.05, 0) is 37.5 Å². The van der Waals surface area contributed by atoms with E-state index in [0.29, 0.717) is 5.69 Å². The number of phenolic OH excluding ortho intramolecular Hbond substituents is 1. The van der Waals surface area contributed by atoms with Gasteiger partial charge in [-0.3, -0.25) is 4.99 Å². The third-order valence-electron chi connectivity index (χ3n) is 1.84. The van der Waals surface area contributed by atoms with E-state index in [-0.39, 0.29) is 23.1 Å². The van der Waals surface area contributed by atoms with Crippen molar-refractivity contribution in [1.82, 2.24) is 0 Å². The van der Waals surface area contributed by atoms with Crippen LogP contribution in [0.1, 0.15) is 24.5 Å². The fraction of sp³-hybridized carbons (Fsp3) is 0.364. The Bertz CT molecular complexity index is 334. The van der Waals surface area contributed by atoms with Crippen molar-refractivity contribution in [3.05, 3.63) is 23.3 Å². The number of aryl methyl sites for hydroxylation is 2. The normalized spacial score (nSPS) is 10.2. The van der Waals surface area contributed by atoms with Crippen LogP contribution < -0.4 is 0 Å². The molecular weight excluding hydrogens is 214 g/mol. The van der Waals surface area contributed by atoms with Crippen molar-refractivity contribution in [1.29, 1.82) is 0 Å². The van der Waals surface area contributed by atoms with Crippen molar-refractivity contribution in [2.45, 2.75) is 27.2 Å². The van der Waals surface area contributed by atoms with Crippen molar-refractivity contribution in [2.75, 3.05) is 0 Å². The maximum atomic E-state index is 9.63. The van der Waals surface area contributed by atoms with Crippen molar-refractivity contribution in [3.63, 3.8) is 0 Å². The number of benzene rings is 1. The van der Waals surface area contributed by atoms with E-state index in [2.05, 4.69) is 4.99 Å². The first-order chi connectivity index (χ1) is 6.15. The molecule has 0 radical (unpaired) electrons. The van der Waals surface area contributed by atoms with E-state index in [0.717, 1.165) is 17.5 Å². The summed E-state index contributed by atoms with van der Waals surface area (Å²) in [6.07, 6.45) is 2.68. The Labute approximate surface area is 95.8 Å². The van der Waals surface area contributed by atoms with Crippen molar-refractivity contribution >= 4 is 11.9 Å². The van der Waals surface area contributed by atoms with Crippen LogP contribution in [0, 0.1) is 13.8 Å². The molecule has 0 aliphatic carbocycles. The Balaban J connectivity index is 0.00000169. The Hall–Kier alpha value is -0.778. The van der Waals surface area contributed by atoms with E-state index in [4.69, 9.17) is 0 Å². The summed E-state index contributed by atoms with van der Waals surface area (Å²) in [4.78, 5) is 4.17. The minimum absolute atomic E-state index is 0. The fourth-order valence-electron chi connectivity index (χ4n) is 1.23. The van der Waals surface area contributed by atoms with E-state index in [1.54, 1.807) is 6.21 Å². The molecule has 0 aromatic heterocycles. The van der Waals surface area contributed by atoms with E-state index in [9.17, 15) is 5.11 Å². The summed E-state index contributed by atoms with van der Waals surface area (Å²) in [5.41, 5.74) is 2.67. The van der Waals surface area contributed by atoms with Crippen LogP contribution in [0.5, 0.6) is 5.75 Å². The maximum absolute atomic E-state index is 9.63. The van der Waals surface area contributed by atoms with Gasteiger partial charge in [0.25, 0.3) is 0 Å². The second-order valence-electron chi connectivity index (χ2n) is 3.17. The number of rotatable bonds is 2. The average molecular weight is 229 g/mol. The number of hydrogen-bond acceptors (Lipinski definition) is 2. The Morgan fingerprint density at radius 2 is 2.00 bits per heavy atom. The summed E-state index contributed by atoms with van der Waals surface area (Å²) in [7, 11) is 0. The van der Waals surface area contributed by atoms with Crippen LogP contribution in [0.3, 0.4) is 0 Å². The summed E-state index contributed by atoms with van der Waals surface area (Å²) < 4.78 is 0. The molecule has 0 saturated carbocycles. The third kappa shape index (κ3) is 3.17. The zero-order valence-corrected chi connectivity index (χ0v) is 10.0. The molecule has 0 unspecified atom stereocenters. The molecule has 1 N–H and O–H groups in total. The summed E-state index contributed by atoms with van der Waals surface area (Å²) >= 11 is 0. The standard InChI is InChI=1S/C11H15NO.Cr/c1-4-5-12-10-7-8(2)6-9(3)11(10)13;/h5-7,13H,4H2,1-3H3;. The minimum Gasteiger partial charge on any atom is -0.505 e. The van der Waals surface area contributed by atoms with Gasteiger partial charge in [0, 0.05) is 23.6 Å². The Morgan fingerprint density at radius 3 is 2.57 bits per heavy atom. The smallest absolute Gasteiger partial charge is 0.144 e. The Kier molecular flexibility index (Phi) is 5.52. The van der Waals surface area contributed by atoms with Crippen molar-refractivity contribution in [3.8, 4) is 5.75 Å². The van der Waals surface area contributed by atoms with Gasteiger partial charge in [0.2, 0.25) is 0 Å². The molecule has 0 bridgehead atoms. The topological polar surface area (TPSA) is 32.6 Å². The number of phenols is 1. The minimum atomic E-state index is 0. The summed E-state index contributed by atoms with van der Waals surface area (Å²) in [6.45, 7) is 5.90. The van der Waals surface area contributed by atoms with Gasteiger partial charge in [-0.25, -0.2) is 0 Å². The molecule has 0 heterocycles. The zero-order valence-electron chi connectivity index (χ0n) is 8.74. The molecule has 0 saturated heterocycles. The van der Waals surface area contributed by atoms with E-state index in [1.165, 1.54) is 0 Å². The van der Waals surface area contributed by atoms with Crippen LogP contribution in [0.25, 0.3) is 0 Å². The van der Waals surface area contributed by atoms with Crippen LogP contribution in [0.4, 0.5) is 5.69 Å². The number of aliphatic imine (C=N–C) groups is 1.